The Labute approximate surface area is 250 Å². The maximum atomic E-state index is 13.0. The summed E-state index contributed by atoms with van der Waals surface area (Å²) in [5, 5.41) is 12.5. The lowest BCUT2D eigenvalue weighted by Gasteiger charge is -2.10. The third kappa shape index (κ3) is 6.57. The van der Waals surface area contributed by atoms with Crippen molar-refractivity contribution >= 4 is 69.7 Å². The number of hydrogen-bond acceptors (Lipinski definition) is 11. The molecule has 16 heteroatoms. The molecule has 5 aromatic rings. The van der Waals surface area contributed by atoms with E-state index < -0.39 is 5.91 Å². The van der Waals surface area contributed by atoms with Gasteiger partial charge in [-0.25, -0.2) is 4.98 Å². The summed E-state index contributed by atoms with van der Waals surface area (Å²) >= 11 is 8.96. The van der Waals surface area contributed by atoms with Crippen molar-refractivity contribution in [3.63, 3.8) is 0 Å². The number of nitrogens with zero attached hydrogens (tertiary/aromatic N) is 5. The lowest BCUT2D eigenvalue weighted by atomic mass is 10.3. The zero-order chi connectivity index (χ0) is 28.9. The molecule has 2 aromatic carbocycles. The van der Waals surface area contributed by atoms with Crippen LogP contribution in [-0.2, 0) is 10.5 Å². The van der Waals surface area contributed by atoms with Crippen LogP contribution < -0.4 is 22.3 Å². The van der Waals surface area contributed by atoms with Gasteiger partial charge in [-0.05, 0) is 36.5 Å². The Hall–Kier alpha value is -4.25. The third-order valence-corrected chi connectivity index (χ3v) is 8.52. The zero-order valence-electron chi connectivity index (χ0n) is 21.0. The predicted octanol–water partition coefficient (Wildman–Crippen LogP) is 3.64. The topological polar surface area (TPSA) is 180 Å². The molecule has 208 valence electrons. The van der Waals surface area contributed by atoms with Gasteiger partial charge in [0.15, 0.2) is 14.3 Å². The maximum absolute atomic E-state index is 13.0. The van der Waals surface area contributed by atoms with Gasteiger partial charge in [-0.15, -0.1) is 10.2 Å². The van der Waals surface area contributed by atoms with E-state index in [1.807, 2.05) is 53.1 Å². The summed E-state index contributed by atoms with van der Waals surface area (Å²) in [5.74, 6) is -0.121. The average molecular weight is 624 g/mol. The molecule has 0 unspecified atom stereocenters. The zero-order valence-corrected chi connectivity index (χ0v) is 24.3. The summed E-state index contributed by atoms with van der Waals surface area (Å²) in [5.41, 5.74) is 12.6. The molecular weight excluding hydrogens is 603 g/mol. The average Bonchev–Trinajstić information content (AvgIpc) is 3.51. The first-order valence-electron chi connectivity index (χ1n) is 11.8. The van der Waals surface area contributed by atoms with Gasteiger partial charge < -0.3 is 21.8 Å². The molecule has 0 saturated carbocycles. The number of hydrogen-bond donors (Lipinski definition) is 4. The van der Waals surface area contributed by atoms with Crippen LogP contribution in [0.1, 0.15) is 16.3 Å². The van der Waals surface area contributed by atoms with Crippen molar-refractivity contribution in [2.45, 2.75) is 16.1 Å². The number of thiazole rings is 1. The lowest BCUT2D eigenvalue weighted by Crippen LogP contribution is -2.21. The second-order valence-electron chi connectivity index (χ2n) is 8.25. The number of thioether (sulfide) groups is 2. The number of H-pyrrole nitrogens is 1. The number of nitrogens with two attached hydrogens (primary N) is 2. The van der Waals surface area contributed by atoms with Gasteiger partial charge >= 0.3 is 0 Å². The number of para-hydroxylation sites is 2. The van der Waals surface area contributed by atoms with E-state index in [2.05, 4.69) is 25.5 Å². The smallest absolute Gasteiger partial charge is 0.268 e. The molecule has 0 spiro atoms. The van der Waals surface area contributed by atoms with E-state index in [1.165, 1.54) is 29.6 Å². The van der Waals surface area contributed by atoms with Crippen LogP contribution >= 0.6 is 47.1 Å². The van der Waals surface area contributed by atoms with Crippen LogP contribution in [0, 0.1) is 3.95 Å². The molecule has 3 aromatic heterocycles. The first-order valence-corrected chi connectivity index (χ1v) is 15.0. The van der Waals surface area contributed by atoms with Gasteiger partial charge in [0, 0.05) is 17.4 Å². The Morgan fingerprint density at radius 1 is 1.00 bits per heavy atom. The summed E-state index contributed by atoms with van der Waals surface area (Å²) in [4.78, 5) is 43.9. The molecule has 2 amide bonds. The molecule has 0 aliphatic carbocycles. The monoisotopic (exact) mass is 623 g/mol. The summed E-state index contributed by atoms with van der Waals surface area (Å²) < 4.78 is 3.73. The number of nitrogen functional groups attached to an aromatic ring is 1. The van der Waals surface area contributed by atoms with Crippen molar-refractivity contribution in [2.75, 3.05) is 16.8 Å². The number of carbonyl (C=O) groups is 2. The van der Waals surface area contributed by atoms with E-state index in [9.17, 15) is 14.4 Å². The quantitative estimate of drug-likeness (QED) is 0.102. The van der Waals surface area contributed by atoms with Crippen molar-refractivity contribution < 1.29 is 9.59 Å². The van der Waals surface area contributed by atoms with E-state index in [0.717, 1.165) is 17.0 Å². The minimum absolute atomic E-state index is 0.0313. The third-order valence-electron chi connectivity index (χ3n) is 5.44. The number of benzene rings is 2. The number of carbonyl (C=O) groups excluding carboxylic acids is 2. The predicted molar refractivity (Wildman–Crippen MR) is 163 cm³/mol. The molecule has 41 heavy (non-hydrogen) atoms. The van der Waals surface area contributed by atoms with Crippen LogP contribution in [0.2, 0.25) is 0 Å². The number of aromatic nitrogens is 6. The fourth-order valence-electron chi connectivity index (χ4n) is 3.76. The van der Waals surface area contributed by atoms with E-state index in [1.54, 1.807) is 16.7 Å². The highest BCUT2D eigenvalue weighted by Gasteiger charge is 2.22. The molecule has 0 radical (unpaired) electrons. The molecule has 12 nitrogen and oxygen atoms in total. The summed E-state index contributed by atoms with van der Waals surface area (Å²) in [6, 6.07) is 19.7. The standard InChI is InChI=1S/C25H21N9O3S4/c26-16-11-18(35)30-23(28-16)39-12-17-31-32-24(33(17)14-7-3-1-4-8-14)40-13-19(36)29-22-20(21(27)37)34(25(38)41-22)15-9-5-2-6-10-15/h1-11H,12-13H2,(H2,27,37)(H,29,36)(H3,26,28,30,35). The largest absolute Gasteiger partial charge is 0.383 e. The van der Waals surface area contributed by atoms with Crippen molar-refractivity contribution in [2.24, 2.45) is 5.73 Å². The van der Waals surface area contributed by atoms with Crippen molar-refractivity contribution in [3.8, 4) is 11.4 Å². The summed E-state index contributed by atoms with van der Waals surface area (Å²) in [7, 11) is 0. The highest BCUT2D eigenvalue weighted by atomic mass is 32.2. The minimum Gasteiger partial charge on any atom is -0.383 e. The van der Waals surface area contributed by atoms with Gasteiger partial charge in [0.1, 0.15) is 22.3 Å². The number of aromatic amines is 1. The fraction of sp³-hybridized carbons (Fsp3) is 0.0800. The molecule has 0 atom stereocenters. The van der Waals surface area contributed by atoms with Gasteiger partial charge in [0.25, 0.3) is 11.5 Å². The van der Waals surface area contributed by atoms with E-state index in [-0.39, 0.29) is 33.7 Å². The molecule has 3 heterocycles. The Balaban J connectivity index is 1.35. The molecule has 6 N–H and O–H groups in total. The van der Waals surface area contributed by atoms with E-state index >= 15 is 0 Å². The van der Waals surface area contributed by atoms with Crippen LogP contribution in [-0.4, -0.2) is 46.9 Å². The highest BCUT2D eigenvalue weighted by molar-refractivity contribution is 7.99. The molecule has 0 fully saturated rings. The van der Waals surface area contributed by atoms with Crippen molar-refractivity contribution in [1.82, 2.24) is 29.3 Å². The van der Waals surface area contributed by atoms with Gasteiger partial charge in [0.05, 0.1) is 11.5 Å². The second-order valence-corrected chi connectivity index (χ2v) is 11.8. The summed E-state index contributed by atoms with van der Waals surface area (Å²) in [6.07, 6.45) is 0. The van der Waals surface area contributed by atoms with E-state index in [4.69, 9.17) is 23.7 Å². The Kier molecular flexibility index (Phi) is 8.63. The van der Waals surface area contributed by atoms with Gasteiger partial charge in [-0.2, -0.15) is 0 Å². The van der Waals surface area contributed by atoms with Gasteiger partial charge in [-0.3, -0.25) is 23.5 Å². The van der Waals surface area contributed by atoms with E-state index in [0.29, 0.717) is 31.5 Å². The normalized spacial score (nSPS) is 10.9. The Morgan fingerprint density at radius 3 is 2.29 bits per heavy atom. The fourth-order valence-corrected chi connectivity index (χ4v) is 6.69. The van der Waals surface area contributed by atoms with Crippen LogP contribution in [0.25, 0.3) is 11.4 Å². The maximum Gasteiger partial charge on any atom is 0.268 e. The molecular formula is C25H21N9O3S4. The minimum atomic E-state index is -0.717. The lowest BCUT2D eigenvalue weighted by molar-refractivity contribution is -0.113. The first-order chi connectivity index (χ1) is 19.8. The van der Waals surface area contributed by atoms with Crippen molar-refractivity contribution in [3.05, 3.63) is 92.6 Å². The Bertz CT molecular complexity index is 1830. The number of anilines is 2. The number of primary amides is 1. The second kappa shape index (κ2) is 12.5. The van der Waals surface area contributed by atoms with Crippen LogP contribution in [0.15, 0.2) is 81.8 Å². The van der Waals surface area contributed by atoms with Gasteiger partial charge in [-0.1, -0.05) is 71.3 Å². The van der Waals surface area contributed by atoms with Crippen molar-refractivity contribution in [1.29, 1.82) is 0 Å². The van der Waals surface area contributed by atoms with Crippen LogP contribution in [0.3, 0.4) is 0 Å². The van der Waals surface area contributed by atoms with Crippen LogP contribution in [0.5, 0.6) is 0 Å². The molecule has 0 bridgehead atoms. The van der Waals surface area contributed by atoms with Gasteiger partial charge in [0.2, 0.25) is 5.91 Å². The molecule has 0 saturated heterocycles. The number of amides is 2. The number of rotatable bonds is 10. The highest BCUT2D eigenvalue weighted by Crippen LogP contribution is 2.30. The first kappa shape index (κ1) is 28.3. The number of nitrogens with one attached hydrogen (secondary N) is 2. The Morgan fingerprint density at radius 2 is 1.66 bits per heavy atom. The molecule has 0 aliphatic heterocycles. The molecule has 0 aliphatic rings. The summed E-state index contributed by atoms with van der Waals surface area (Å²) in [6.45, 7) is 0. The van der Waals surface area contributed by atoms with Crippen LogP contribution in [0.4, 0.5) is 10.8 Å². The SMILES string of the molecule is NC(=O)c1c(NC(=O)CSc2nnc(CSc3nc(N)cc(=O)[nH]3)n2-c2ccccc2)sc(=S)n1-c1ccccc1. The molecule has 5 rings (SSSR count).